The van der Waals surface area contributed by atoms with Crippen LogP contribution in [-0.2, 0) is 14.4 Å². The van der Waals surface area contributed by atoms with Gasteiger partial charge in [-0.25, -0.2) is 4.79 Å². The van der Waals surface area contributed by atoms with Gasteiger partial charge in [-0.1, -0.05) is 11.8 Å². The number of β-lactam (4-membered cyclic amide) rings is 1. The molecule has 2 heterocycles. The Labute approximate surface area is 98.7 Å². The maximum Gasteiger partial charge on any atom is 0.354 e. The number of rotatable bonds is 4. The first-order valence-corrected chi connectivity index (χ1v) is 6.18. The maximum atomic E-state index is 11.2. The van der Waals surface area contributed by atoms with Gasteiger partial charge in [0.2, 0.25) is 5.91 Å². The zero-order valence-corrected chi connectivity index (χ0v) is 9.51. The summed E-state index contributed by atoms with van der Waals surface area (Å²) >= 11 is 2.19. The van der Waals surface area contributed by atoms with E-state index in [1.165, 1.54) is 16.7 Å². The van der Waals surface area contributed by atoms with E-state index in [1.54, 1.807) is 0 Å². The first kappa shape index (κ1) is 11.3. The average Bonchev–Trinajstić information content (AvgIpc) is 2.47. The lowest BCUT2D eigenvalue weighted by molar-refractivity contribution is -0.145. The topological polar surface area (TPSA) is 94.9 Å². The van der Waals surface area contributed by atoms with Crippen LogP contribution >= 0.6 is 23.5 Å². The second kappa shape index (κ2) is 4.02. The van der Waals surface area contributed by atoms with Gasteiger partial charge in [-0.15, -0.1) is 11.8 Å². The van der Waals surface area contributed by atoms with Crippen molar-refractivity contribution in [1.29, 1.82) is 0 Å². The van der Waals surface area contributed by atoms with E-state index in [4.69, 9.17) is 10.2 Å². The normalized spacial score (nSPS) is 23.1. The third kappa shape index (κ3) is 1.78. The number of fused-ring (bicyclic) bond motifs is 1. The molecule has 0 unspecified atom stereocenters. The Balaban J connectivity index is 2.18. The Kier molecular flexibility index (Phi) is 2.85. The van der Waals surface area contributed by atoms with E-state index in [0.717, 1.165) is 11.8 Å². The van der Waals surface area contributed by atoms with Crippen LogP contribution < -0.4 is 0 Å². The van der Waals surface area contributed by atoms with E-state index in [2.05, 4.69) is 0 Å². The van der Waals surface area contributed by atoms with Crippen LogP contribution in [0.1, 0.15) is 6.42 Å². The van der Waals surface area contributed by atoms with Gasteiger partial charge in [-0.05, 0) is 0 Å². The summed E-state index contributed by atoms with van der Waals surface area (Å²) in [6.07, 6.45) is 0.318. The molecule has 0 bridgehead atoms. The van der Waals surface area contributed by atoms with Gasteiger partial charge in [0.05, 0.1) is 21.8 Å². The minimum Gasteiger partial charge on any atom is -0.481 e. The van der Waals surface area contributed by atoms with E-state index < -0.39 is 11.9 Å². The van der Waals surface area contributed by atoms with Crippen LogP contribution in [0.2, 0.25) is 0 Å². The number of carbonyl (C=O) groups excluding carboxylic acids is 1. The number of amides is 1. The predicted molar refractivity (Wildman–Crippen MR) is 57.6 cm³/mol. The van der Waals surface area contributed by atoms with Crippen molar-refractivity contribution in [2.45, 2.75) is 11.8 Å². The molecule has 2 aliphatic rings. The molecule has 16 heavy (non-hydrogen) atoms. The van der Waals surface area contributed by atoms with Crippen LogP contribution in [-0.4, -0.2) is 44.1 Å². The van der Waals surface area contributed by atoms with Crippen LogP contribution in [0.25, 0.3) is 0 Å². The lowest BCUT2D eigenvalue weighted by Crippen LogP contribution is -2.48. The smallest absolute Gasteiger partial charge is 0.354 e. The summed E-state index contributed by atoms with van der Waals surface area (Å²) < 4.78 is 0.408. The number of aliphatic carboxylic acids is 2. The van der Waals surface area contributed by atoms with Gasteiger partial charge in [0.25, 0.3) is 0 Å². The minimum absolute atomic E-state index is 0.0718. The highest BCUT2D eigenvalue weighted by Crippen LogP contribution is 2.50. The Morgan fingerprint density at radius 3 is 2.69 bits per heavy atom. The van der Waals surface area contributed by atoms with Crippen molar-refractivity contribution < 1.29 is 24.6 Å². The number of hydrogen-bond donors (Lipinski definition) is 2. The van der Waals surface area contributed by atoms with E-state index in [0.29, 0.717) is 10.7 Å². The fourth-order valence-corrected chi connectivity index (χ4v) is 3.91. The molecule has 1 fully saturated rings. The van der Waals surface area contributed by atoms with Crippen LogP contribution in [0.5, 0.6) is 0 Å². The van der Waals surface area contributed by atoms with Gasteiger partial charge in [0.15, 0.2) is 5.70 Å². The van der Waals surface area contributed by atoms with E-state index >= 15 is 0 Å². The standard InChI is InChI=1S/C8H7NO5S2/c10-3-1-4-9(3)6(7(13)14)8(16-4)15-2-5(11)12/h4H,1-2H2,(H,11,12)(H,13,14)/t4-/m1/s1. The largest absolute Gasteiger partial charge is 0.481 e. The van der Waals surface area contributed by atoms with Crippen molar-refractivity contribution >= 4 is 41.4 Å². The highest BCUT2D eigenvalue weighted by Gasteiger charge is 2.48. The van der Waals surface area contributed by atoms with E-state index in [9.17, 15) is 14.4 Å². The minimum atomic E-state index is -1.18. The molecule has 0 radical (unpaired) electrons. The summed E-state index contributed by atoms with van der Waals surface area (Å²) in [5.41, 5.74) is -0.0718. The molecule has 8 heteroatoms. The summed E-state index contributed by atoms with van der Waals surface area (Å²) in [6.45, 7) is 0. The van der Waals surface area contributed by atoms with Crippen LogP contribution in [0.15, 0.2) is 9.93 Å². The number of carboxylic acid groups (broad SMARTS) is 2. The van der Waals surface area contributed by atoms with Crippen molar-refractivity contribution in [3.05, 3.63) is 9.93 Å². The molecule has 0 aromatic rings. The zero-order valence-electron chi connectivity index (χ0n) is 7.87. The lowest BCUT2D eigenvalue weighted by Gasteiger charge is -2.33. The molecular formula is C8H7NO5S2. The molecule has 6 nitrogen and oxygen atoms in total. The molecule has 2 rings (SSSR count). The quantitative estimate of drug-likeness (QED) is 0.705. The third-order valence-electron chi connectivity index (χ3n) is 2.11. The second-order valence-corrected chi connectivity index (χ2v) is 5.60. The van der Waals surface area contributed by atoms with Crippen molar-refractivity contribution in [3.63, 3.8) is 0 Å². The third-order valence-corrected chi connectivity index (χ3v) is 4.66. The fourth-order valence-electron chi connectivity index (χ4n) is 1.45. The van der Waals surface area contributed by atoms with Crippen molar-refractivity contribution in [3.8, 4) is 0 Å². The molecule has 0 saturated carbocycles. The maximum absolute atomic E-state index is 11.2. The molecule has 0 aliphatic carbocycles. The number of carbonyl (C=O) groups is 3. The van der Waals surface area contributed by atoms with Crippen molar-refractivity contribution in [2.24, 2.45) is 0 Å². The van der Waals surface area contributed by atoms with Crippen LogP contribution in [0, 0.1) is 0 Å². The highest BCUT2D eigenvalue weighted by molar-refractivity contribution is 8.23. The Morgan fingerprint density at radius 2 is 2.19 bits per heavy atom. The van der Waals surface area contributed by atoms with Crippen molar-refractivity contribution in [2.75, 3.05) is 5.75 Å². The molecule has 2 aliphatic heterocycles. The summed E-state index contributed by atoms with van der Waals surface area (Å²) in [4.78, 5) is 33.8. The number of thioether (sulfide) groups is 2. The molecule has 0 aromatic heterocycles. The van der Waals surface area contributed by atoms with E-state index in [-0.39, 0.29) is 22.7 Å². The lowest BCUT2D eigenvalue weighted by atomic mass is 10.2. The summed E-state index contributed by atoms with van der Waals surface area (Å²) in [5, 5.41) is 17.3. The molecule has 1 atom stereocenters. The first-order chi connectivity index (χ1) is 7.50. The molecule has 0 spiro atoms. The first-order valence-electron chi connectivity index (χ1n) is 4.31. The van der Waals surface area contributed by atoms with Gasteiger partial charge >= 0.3 is 11.9 Å². The molecular weight excluding hydrogens is 254 g/mol. The molecule has 86 valence electrons. The Morgan fingerprint density at radius 1 is 1.50 bits per heavy atom. The molecule has 0 aromatic carbocycles. The Bertz CT molecular complexity index is 419. The molecule has 1 amide bonds. The summed E-state index contributed by atoms with van der Waals surface area (Å²) in [6, 6.07) is 0. The van der Waals surface area contributed by atoms with Gasteiger partial charge in [0, 0.05) is 0 Å². The number of carboxylic acids is 2. The van der Waals surface area contributed by atoms with Gasteiger partial charge < -0.3 is 10.2 Å². The van der Waals surface area contributed by atoms with Gasteiger partial charge in [-0.3, -0.25) is 14.5 Å². The van der Waals surface area contributed by atoms with Gasteiger partial charge in [0.1, 0.15) is 0 Å². The number of nitrogens with zero attached hydrogens (tertiary/aromatic N) is 1. The van der Waals surface area contributed by atoms with Crippen molar-refractivity contribution in [1.82, 2.24) is 4.90 Å². The average molecular weight is 261 g/mol. The molecule has 2 N–H and O–H groups in total. The Hall–Kier alpha value is -1.15. The van der Waals surface area contributed by atoms with Crippen LogP contribution in [0.4, 0.5) is 0 Å². The monoisotopic (exact) mass is 261 g/mol. The summed E-state index contributed by atoms with van der Waals surface area (Å²) in [7, 11) is 0. The number of hydrogen-bond acceptors (Lipinski definition) is 5. The fraction of sp³-hybridized carbons (Fsp3) is 0.375. The van der Waals surface area contributed by atoms with Crippen LogP contribution in [0.3, 0.4) is 0 Å². The zero-order chi connectivity index (χ0) is 11.9. The highest BCUT2D eigenvalue weighted by atomic mass is 32.2. The van der Waals surface area contributed by atoms with Gasteiger partial charge in [-0.2, -0.15) is 0 Å². The SMILES string of the molecule is O=C(O)CSC1=C(C(=O)O)N2C(=O)C[C@H]2S1. The molecule has 1 saturated heterocycles. The second-order valence-electron chi connectivity index (χ2n) is 3.16. The summed E-state index contributed by atoms with van der Waals surface area (Å²) in [5.74, 6) is -2.62. The predicted octanol–water partition coefficient (Wildman–Crippen LogP) is 0.363. The van der Waals surface area contributed by atoms with E-state index in [1.807, 2.05) is 0 Å².